The van der Waals surface area contributed by atoms with Crippen LogP contribution in [0.15, 0.2) is 75.9 Å². The number of methoxy groups -OCH3 is 1. The van der Waals surface area contributed by atoms with Gasteiger partial charge in [-0.15, -0.1) is 0 Å². The summed E-state index contributed by atoms with van der Waals surface area (Å²) in [5, 5.41) is 0.388. The number of benzene rings is 3. The second kappa shape index (κ2) is 11.0. The molecule has 1 unspecified atom stereocenters. The number of carbonyl (C=O) groups excluding carboxylic acids is 2. The van der Waals surface area contributed by atoms with E-state index in [2.05, 4.69) is 0 Å². The van der Waals surface area contributed by atoms with E-state index in [-0.39, 0.29) is 16.8 Å². The van der Waals surface area contributed by atoms with Gasteiger partial charge in [0, 0.05) is 5.69 Å². The Hall–Kier alpha value is -4.59. The van der Waals surface area contributed by atoms with Crippen LogP contribution in [0.1, 0.15) is 64.8 Å². The lowest BCUT2D eigenvalue weighted by Gasteiger charge is -2.26. The lowest BCUT2D eigenvalue weighted by Crippen LogP contribution is -2.29. The molecule has 4 aromatic rings. The van der Waals surface area contributed by atoms with Crippen LogP contribution in [0.2, 0.25) is 0 Å². The Morgan fingerprint density at radius 2 is 1.74 bits per heavy atom. The summed E-state index contributed by atoms with van der Waals surface area (Å²) in [6.45, 7) is 4.70. The topological polar surface area (TPSA) is 95.3 Å². The number of amides is 1. The lowest BCUT2D eigenvalue weighted by atomic mass is 9.97. The highest BCUT2D eigenvalue weighted by Gasteiger charge is 2.44. The van der Waals surface area contributed by atoms with E-state index in [9.17, 15) is 14.4 Å². The summed E-state index contributed by atoms with van der Waals surface area (Å²) >= 11 is 0. The Bertz CT molecular complexity index is 1590. The zero-order valence-corrected chi connectivity index (χ0v) is 22.1. The van der Waals surface area contributed by atoms with E-state index in [1.807, 2.05) is 19.9 Å². The number of hydrogen-bond donors (Lipinski definition) is 0. The van der Waals surface area contributed by atoms with Gasteiger partial charge in [0.1, 0.15) is 5.58 Å². The van der Waals surface area contributed by atoms with Crippen molar-refractivity contribution in [3.63, 3.8) is 0 Å². The van der Waals surface area contributed by atoms with Gasteiger partial charge in [0.15, 0.2) is 16.9 Å². The van der Waals surface area contributed by atoms with E-state index in [4.69, 9.17) is 18.6 Å². The third kappa shape index (κ3) is 4.74. The van der Waals surface area contributed by atoms with Crippen molar-refractivity contribution in [3.05, 3.63) is 99.4 Å². The molecular formula is C31H29NO7. The van der Waals surface area contributed by atoms with Crippen molar-refractivity contribution >= 4 is 28.5 Å². The molecule has 0 saturated heterocycles. The minimum atomic E-state index is -0.791. The zero-order chi connectivity index (χ0) is 27.5. The number of ether oxygens (including phenoxy) is 3. The van der Waals surface area contributed by atoms with Gasteiger partial charge < -0.3 is 18.6 Å². The molecule has 2 heterocycles. The number of para-hydroxylation sites is 1. The van der Waals surface area contributed by atoms with Gasteiger partial charge in [0.2, 0.25) is 5.76 Å². The van der Waals surface area contributed by atoms with Crippen LogP contribution >= 0.6 is 0 Å². The maximum atomic E-state index is 13.8. The van der Waals surface area contributed by atoms with Crippen molar-refractivity contribution in [1.82, 2.24) is 0 Å². The van der Waals surface area contributed by atoms with Gasteiger partial charge in [0.05, 0.1) is 42.9 Å². The Balaban J connectivity index is 1.63. The number of fused-ring (bicyclic) bond motifs is 2. The molecule has 0 bridgehead atoms. The summed E-state index contributed by atoms with van der Waals surface area (Å²) in [7, 11) is 1.54. The molecule has 200 valence electrons. The van der Waals surface area contributed by atoms with Crippen LogP contribution in [0.3, 0.4) is 0 Å². The predicted molar refractivity (Wildman–Crippen MR) is 147 cm³/mol. The summed E-state index contributed by atoms with van der Waals surface area (Å²) in [5.41, 5.74) is 1.82. The second-order valence-corrected chi connectivity index (χ2v) is 9.13. The highest BCUT2D eigenvalue weighted by molar-refractivity contribution is 6.10. The van der Waals surface area contributed by atoms with Crippen LogP contribution in [0.25, 0.3) is 11.0 Å². The fourth-order valence-corrected chi connectivity index (χ4v) is 4.78. The van der Waals surface area contributed by atoms with Gasteiger partial charge in [-0.1, -0.05) is 31.5 Å². The smallest absolute Gasteiger partial charge is 0.338 e. The molecule has 3 aromatic carbocycles. The Morgan fingerprint density at radius 3 is 2.46 bits per heavy atom. The van der Waals surface area contributed by atoms with Gasteiger partial charge in [0.25, 0.3) is 5.91 Å². The number of rotatable bonds is 9. The minimum Gasteiger partial charge on any atom is -0.493 e. The van der Waals surface area contributed by atoms with Crippen LogP contribution in [-0.2, 0) is 4.74 Å². The average molecular weight is 528 g/mol. The number of unbranched alkanes of at least 4 members (excludes halogenated alkanes) is 1. The quantitative estimate of drug-likeness (QED) is 0.197. The van der Waals surface area contributed by atoms with Crippen molar-refractivity contribution < 1.29 is 28.2 Å². The first-order chi connectivity index (χ1) is 19.0. The summed E-state index contributed by atoms with van der Waals surface area (Å²) in [6, 6.07) is 18.0. The first-order valence-electron chi connectivity index (χ1n) is 13.0. The second-order valence-electron chi connectivity index (χ2n) is 9.13. The van der Waals surface area contributed by atoms with E-state index >= 15 is 0 Å². The molecule has 8 nitrogen and oxygen atoms in total. The Labute approximate surface area is 225 Å². The molecule has 0 spiro atoms. The highest BCUT2D eigenvalue weighted by Crippen LogP contribution is 2.43. The van der Waals surface area contributed by atoms with Crippen molar-refractivity contribution in [2.24, 2.45) is 0 Å². The number of nitrogens with zero attached hydrogens (tertiary/aromatic N) is 1. The number of carbonyl (C=O) groups is 2. The van der Waals surface area contributed by atoms with Crippen LogP contribution in [0, 0.1) is 0 Å². The summed E-state index contributed by atoms with van der Waals surface area (Å²) < 4.78 is 22.6. The molecule has 0 N–H and O–H groups in total. The molecule has 1 amide bonds. The molecule has 39 heavy (non-hydrogen) atoms. The van der Waals surface area contributed by atoms with Crippen LogP contribution in [-0.4, -0.2) is 32.2 Å². The lowest BCUT2D eigenvalue weighted by molar-refractivity contribution is 0.0499. The van der Waals surface area contributed by atoms with Gasteiger partial charge >= 0.3 is 5.97 Å². The van der Waals surface area contributed by atoms with Crippen LogP contribution in [0.5, 0.6) is 11.5 Å². The molecule has 0 saturated carbocycles. The average Bonchev–Trinajstić information content (AvgIpc) is 3.26. The first-order valence-corrected chi connectivity index (χ1v) is 13.0. The normalized spacial score (nSPS) is 14.4. The van der Waals surface area contributed by atoms with E-state index < -0.39 is 17.9 Å². The van der Waals surface area contributed by atoms with E-state index in [0.717, 1.165) is 12.8 Å². The number of esters is 1. The number of anilines is 1. The SMILES string of the molecule is CCCCOC(=O)c1ccc(N2C(=O)c3oc4ccccc4c(=O)c3C2c2ccc(OCC)c(OC)c2)cc1. The summed E-state index contributed by atoms with van der Waals surface area (Å²) in [6.07, 6.45) is 1.70. The molecule has 1 aliphatic heterocycles. The molecular weight excluding hydrogens is 498 g/mol. The molecule has 1 aliphatic rings. The summed E-state index contributed by atoms with van der Waals surface area (Å²) in [5.74, 6) is 0.132. The predicted octanol–water partition coefficient (Wildman–Crippen LogP) is 5.91. The fourth-order valence-electron chi connectivity index (χ4n) is 4.78. The van der Waals surface area contributed by atoms with Crippen molar-refractivity contribution in [2.45, 2.75) is 32.7 Å². The van der Waals surface area contributed by atoms with Crippen molar-refractivity contribution in [3.8, 4) is 11.5 Å². The van der Waals surface area contributed by atoms with Crippen molar-refractivity contribution in [1.29, 1.82) is 0 Å². The van der Waals surface area contributed by atoms with Crippen LogP contribution < -0.4 is 19.8 Å². The molecule has 1 atom stereocenters. The van der Waals surface area contributed by atoms with E-state index in [0.29, 0.717) is 52.5 Å². The zero-order valence-electron chi connectivity index (χ0n) is 22.1. The van der Waals surface area contributed by atoms with E-state index in [1.54, 1.807) is 60.7 Å². The minimum absolute atomic E-state index is 0.0143. The standard InChI is InChI=1S/C31H29NO7/c1-4-6-17-38-31(35)19-11-14-21(15-12-19)32-27(20-13-16-24(37-5-2)25(18-20)36-3)26-28(33)22-9-7-8-10-23(22)39-29(26)30(32)34/h7-16,18,27H,4-6,17H2,1-3H3. The first kappa shape index (κ1) is 26.0. The molecule has 0 aliphatic carbocycles. The number of hydrogen-bond acceptors (Lipinski definition) is 7. The molecule has 0 fully saturated rings. The molecule has 1 aromatic heterocycles. The third-order valence-corrected chi connectivity index (χ3v) is 6.69. The molecule has 8 heteroatoms. The Kier molecular flexibility index (Phi) is 7.36. The summed E-state index contributed by atoms with van der Waals surface area (Å²) in [4.78, 5) is 41.5. The van der Waals surface area contributed by atoms with Gasteiger partial charge in [-0.3, -0.25) is 14.5 Å². The third-order valence-electron chi connectivity index (χ3n) is 6.69. The van der Waals surface area contributed by atoms with Gasteiger partial charge in [-0.2, -0.15) is 0 Å². The highest BCUT2D eigenvalue weighted by atomic mass is 16.5. The van der Waals surface area contributed by atoms with E-state index in [1.165, 1.54) is 12.0 Å². The molecule has 0 radical (unpaired) electrons. The van der Waals surface area contributed by atoms with Crippen LogP contribution in [0.4, 0.5) is 5.69 Å². The monoisotopic (exact) mass is 527 g/mol. The maximum absolute atomic E-state index is 13.8. The Morgan fingerprint density at radius 1 is 0.974 bits per heavy atom. The molecule has 5 rings (SSSR count). The largest absolute Gasteiger partial charge is 0.493 e. The van der Waals surface area contributed by atoms with Crippen molar-refractivity contribution in [2.75, 3.05) is 25.2 Å². The van der Waals surface area contributed by atoms with Gasteiger partial charge in [-0.25, -0.2) is 4.79 Å². The van der Waals surface area contributed by atoms with Gasteiger partial charge in [-0.05, 0) is 67.4 Å². The maximum Gasteiger partial charge on any atom is 0.338 e. The fraction of sp³-hybridized carbons (Fsp3) is 0.258.